The van der Waals surface area contributed by atoms with Crippen LogP contribution >= 0.6 is 0 Å². The maximum atomic E-state index is 12.9. The molecule has 0 bridgehead atoms. The molecule has 3 nitrogen and oxygen atoms in total. The minimum atomic E-state index is -4.21. The maximum Gasteiger partial charge on any atom is 0.405 e. The number of nitrogens with zero attached hydrogens (tertiary/aromatic N) is 2. The summed E-state index contributed by atoms with van der Waals surface area (Å²) >= 11 is 0. The van der Waals surface area contributed by atoms with Gasteiger partial charge in [0.1, 0.15) is 12.4 Å². The molecule has 0 unspecified atom stereocenters. The Labute approximate surface area is 123 Å². The fourth-order valence-electron chi connectivity index (χ4n) is 2.51. The molecule has 1 saturated carbocycles. The first kappa shape index (κ1) is 16.1. The van der Waals surface area contributed by atoms with Crippen molar-refractivity contribution in [3.8, 4) is 0 Å². The number of hydrogen-bond donors (Lipinski definition) is 1. The number of aromatic nitrogens is 1. The molecule has 0 radical (unpaired) electrons. The smallest absolute Gasteiger partial charge is 0.344 e. The lowest BCUT2D eigenvalue weighted by Crippen LogP contribution is -2.37. The number of anilines is 1. The first-order chi connectivity index (χ1) is 9.81. The van der Waals surface area contributed by atoms with Gasteiger partial charge in [-0.1, -0.05) is 6.92 Å². The summed E-state index contributed by atoms with van der Waals surface area (Å²) in [6.45, 7) is 6.13. The highest BCUT2D eigenvalue weighted by atomic mass is 19.4. The van der Waals surface area contributed by atoms with E-state index in [1.807, 2.05) is 26.8 Å². The Bertz CT molecular complexity index is 496. The Morgan fingerprint density at radius 3 is 2.52 bits per heavy atom. The number of pyridine rings is 1. The summed E-state index contributed by atoms with van der Waals surface area (Å²) in [5.74, 6) is 0.494. The van der Waals surface area contributed by atoms with E-state index in [-0.39, 0.29) is 6.04 Å². The summed E-state index contributed by atoms with van der Waals surface area (Å²) in [7, 11) is 0. The summed E-state index contributed by atoms with van der Waals surface area (Å²) in [4.78, 5) is 5.86. The van der Waals surface area contributed by atoms with Crippen LogP contribution in [0.15, 0.2) is 6.07 Å². The van der Waals surface area contributed by atoms with E-state index in [1.54, 1.807) is 0 Å². The lowest BCUT2D eigenvalue weighted by Gasteiger charge is -2.28. The molecule has 0 amide bonds. The summed E-state index contributed by atoms with van der Waals surface area (Å²) < 4.78 is 38.6. The third-order valence-corrected chi connectivity index (χ3v) is 3.61. The van der Waals surface area contributed by atoms with Gasteiger partial charge in [0.05, 0.1) is 0 Å². The van der Waals surface area contributed by atoms with Crippen LogP contribution in [0.25, 0.3) is 0 Å². The highest BCUT2D eigenvalue weighted by Gasteiger charge is 2.39. The van der Waals surface area contributed by atoms with E-state index < -0.39 is 12.7 Å². The van der Waals surface area contributed by atoms with Gasteiger partial charge in [-0.25, -0.2) is 4.98 Å². The minimum absolute atomic E-state index is 0.0271. The van der Waals surface area contributed by atoms with Crippen molar-refractivity contribution in [2.24, 2.45) is 0 Å². The second-order valence-corrected chi connectivity index (χ2v) is 5.64. The number of aryl methyl sites for hydroxylation is 2. The molecule has 1 N–H and O–H groups in total. The van der Waals surface area contributed by atoms with Crippen molar-refractivity contribution >= 4 is 5.82 Å². The fourth-order valence-corrected chi connectivity index (χ4v) is 2.51. The maximum absolute atomic E-state index is 12.9. The third kappa shape index (κ3) is 4.33. The van der Waals surface area contributed by atoms with Gasteiger partial charge in [-0.05, 0) is 44.9 Å². The molecule has 1 heterocycles. The standard InChI is InChI=1S/C15H22F3N3/c1-4-19-8-13-10(2)7-11(3)20-14(13)21(12-5-6-12)9-15(16,17)18/h7,12,19H,4-6,8-9H2,1-3H3. The molecule has 0 saturated heterocycles. The molecule has 0 spiro atoms. The molecule has 1 aliphatic rings. The van der Waals surface area contributed by atoms with Crippen LogP contribution in [0.1, 0.15) is 36.6 Å². The van der Waals surface area contributed by atoms with E-state index in [1.165, 1.54) is 4.90 Å². The minimum Gasteiger partial charge on any atom is -0.344 e. The molecule has 1 fully saturated rings. The summed E-state index contributed by atoms with van der Waals surface area (Å²) in [6, 6.07) is 1.90. The van der Waals surface area contributed by atoms with Crippen molar-refractivity contribution in [1.82, 2.24) is 10.3 Å². The van der Waals surface area contributed by atoms with E-state index in [2.05, 4.69) is 10.3 Å². The van der Waals surface area contributed by atoms with Gasteiger partial charge in [0, 0.05) is 23.8 Å². The Morgan fingerprint density at radius 2 is 2.00 bits per heavy atom. The monoisotopic (exact) mass is 301 g/mol. The summed E-state index contributed by atoms with van der Waals surface area (Å²) in [5.41, 5.74) is 2.63. The first-order valence-electron chi connectivity index (χ1n) is 7.33. The molecule has 6 heteroatoms. The fraction of sp³-hybridized carbons (Fsp3) is 0.667. The van der Waals surface area contributed by atoms with E-state index in [0.717, 1.165) is 36.2 Å². The molecular weight excluding hydrogens is 279 g/mol. The van der Waals surface area contributed by atoms with Crippen LogP contribution in [-0.2, 0) is 6.54 Å². The second-order valence-electron chi connectivity index (χ2n) is 5.64. The quantitative estimate of drug-likeness (QED) is 0.873. The van der Waals surface area contributed by atoms with Gasteiger partial charge in [0.15, 0.2) is 0 Å². The molecule has 1 aromatic rings. The van der Waals surface area contributed by atoms with Crippen molar-refractivity contribution < 1.29 is 13.2 Å². The molecule has 0 aliphatic heterocycles. The van der Waals surface area contributed by atoms with Gasteiger partial charge in [-0.3, -0.25) is 0 Å². The van der Waals surface area contributed by atoms with Crippen LogP contribution in [0.4, 0.5) is 19.0 Å². The van der Waals surface area contributed by atoms with E-state index in [0.29, 0.717) is 12.4 Å². The molecule has 0 atom stereocenters. The average Bonchev–Trinajstić information content (AvgIpc) is 3.17. The second kappa shape index (κ2) is 6.22. The molecule has 1 aliphatic carbocycles. The van der Waals surface area contributed by atoms with Gasteiger partial charge < -0.3 is 10.2 Å². The number of alkyl halides is 3. The van der Waals surface area contributed by atoms with Crippen molar-refractivity contribution in [3.05, 3.63) is 22.9 Å². The normalized spacial score (nSPS) is 15.3. The Morgan fingerprint density at radius 1 is 1.33 bits per heavy atom. The SMILES string of the molecule is CCNCc1c(C)cc(C)nc1N(CC(F)(F)F)C1CC1. The van der Waals surface area contributed by atoms with Crippen LogP contribution in [-0.4, -0.2) is 30.3 Å². The van der Waals surface area contributed by atoms with Gasteiger partial charge in [0.25, 0.3) is 0 Å². The van der Waals surface area contributed by atoms with Crippen LogP contribution < -0.4 is 10.2 Å². The molecule has 2 rings (SSSR count). The van der Waals surface area contributed by atoms with Crippen LogP contribution in [0.3, 0.4) is 0 Å². The molecule has 118 valence electrons. The average molecular weight is 301 g/mol. The molecule has 0 aromatic carbocycles. The number of rotatable bonds is 6. The predicted molar refractivity (Wildman–Crippen MR) is 77.5 cm³/mol. The Balaban J connectivity index is 2.37. The number of hydrogen-bond acceptors (Lipinski definition) is 3. The van der Waals surface area contributed by atoms with Crippen LogP contribution in [0, 0.1) is 13.8 Å². The highest BCUT2D eigenvalue weighted by Crippen LogP contribution is 2.36. The summed E-state index contributed by atoms with van der Waals surface area (Å²) in [5, 5.41) is 3.19. The highest BCUT2D eigenvalue weighted by molar-refractivity contribution is 5.53. The number of nitrogens with one attached hydrogen (secondary N) is 1. The molecular formula is C15H22F3N3. The Hall–Kier alpha value is -1.30. The van der Waals surface area contributed by atoms with Crippen molar-refractivity contribution in [2.75, 3.05) is 18.0 Å². The van der Waals surface area contributed by atoms with Crippen molar-refractivity contribution in [3.63, 3.8) is 0 Å². The van der Waals surface area contributed by atoms with Crippen molar-refractivity contribution in [2.45, 2.75) is 52.4 Å². The van der Waals surface area contributed by atoms with Crippen molar-refractivity contribution in [1.29, 1.82) is 0 Å². The van der Waals surface area contributed by atoms with Gasteiger partial charge >= 0.3 is 6.18 Å². The van der Waals surface area contributed by atoms with E-state index >= 15 is 0 Å². The van der Waals surface area contributed by atoms with Gasteiger partial charge in [-0.15, -0.1) is 0 Å². The first-order valence-corrected chi connectivity index (χ1v) is 7.33. The topological polar surface area (TPSA) is 28.2 Å². The predicted octanol–water partition coefficient (Wildman–Crippen LogP) is 3.34. The zero-order valence-electron chi connectivity index (χ0n) is 12.7. The van der Waals surface area contributed by atoms with Gasteiger partial charge in [0.2, 0.25) is 0 Å². The lowest BCUT2D eigenvalue weighted by molar-refractivity contribution is -0.120. The largest absolute Gasteiger partial charge is 0.405 e. The zero-order chi connectivity index (χ0) is 15.6. The van der Waals surface area contributed by atoms with E-state index in [9.17, 15) is 13.2 Å². The van der Waals surface area contributed by atoms with E-state index in [4.69, 9.17) is 0 Å². The Kier molecular flexibility index (Phi) is 4.76. The zero-order valence-corrected chi connectivity index (χ0v) is 12.7. The number of halogens is 3. The lowest BCUT2D eigenvalue weighted by atomic mass is 10.1. The third-order valence-electron chi connectivity index (χ3n) is 3.61. The van der Waals surface area contributed by atoms with Crippen LogP contribution in [0.2, 0.25) is 0 Å². The molecule has 1 aromatic heterocycles. The van der Waals surface area contributed by atoms with Gasteiger partial charge in [-0.2, -0.15) is 13.2 Å². The summed E-state index contributed by atoms with van der Waals surface area (Å²) in [6.07, 6.45) is -2.59. The van der Waals surface area contributed by atoms with Crippen LogP contribution in [0.5, 0.6) is 0 Å². The molecule has 21 heavy (non-hydrogen) atoms.